The number of carbonyl (C=O) groups excluding carboxylic acids is 1. The van der Waals surface area contributed by atoms with E-state index < -0.39 is 11.2 Å². The number of hydrogen-bond acceptors (Lipinski definition) is 3. The Bertz CT molecular complexity index is 576. The van der Waals surface area contributed by atoms with Crippen LogP contribution < -0.4 is 16.6 Å². The summed E-state index contributed by atoms with van der Waals surface area (Å²) in [5.74, 6) is 0.477. The Hall–Kier alpha value is -1.85. The fourth-order valence-electron chi connectivity index (χ4n) is 2.65. The fourth-order valence-corrected chi connectivity index (χ4v) is 2.65. The van der Waals surface area contributed by atoms with Crippen LogP contribution in [0.1, 0.15) is 39.0 Å². The molecular weight excluding hydrogens is 258 g/mol. The first kappa shape index (κ1) is 14.6. The Balaban J connectivity index is 1.85. The zero-order chi connectivity index (χ0) is 14.5. The third-order valence-electron chi connectivity index (χ3n) is 3.93. The number of hydrogen-bond donors (Lipinski definition) is 2. The van der Waals surface area contributed by atoms with Gasteiger partial charge in [-0.1, -0.05) is 19.8 Å². The van der Waals surface area contributed by atoms with Crippen molar-refractivity contribution in [2.24, 2.45) is 5.92 Å². The van der Waals surface area contributed by atoms with E-state index >= 15 is 0 Å². The molecule has 1 saturated carbocycles. The molecular formula is C14H21N3O3. The fraction of sp³-hybridized carbons (Fsp3) is 0.643. The molecule has 2 N–H and O–H groups in total. The minimum Gasteiger partial charge on any atom is -0.353 e. The average Bonchev–Trinajstić information content (AvgIpc) is 2.40. The SMILES string of the molecule is CC1CCCCC1NC(=O)CCn1ccc(=O)[nH]c1=O. The summed E-state index contributed by atoms with van der Waals surface area (Å²) in [5.41, 5.74) is -0.900. The molecule has 2 unspecified atom stereocenters. The maximum Gasteiger partial charge on any atom is 0.328 e. The molecule has 1 aliphatic rings. The Morgan fingerprint density at radius 3 is 2.85 bits per heavy atom. The molecule has 0 bridgehead atoms. The first-order chi connectivity index (χ1) is 9.56. The Labute approximate surface area is 117 Å². The molecule has 6 heteroatoms. The Kier molecular flexibility index (Phi) is 4.76. The van der Waals surface area contributed by atoms with Gasteiger partial charge in [0.15, 0.2) is 0 Å². The van der Waals surface area contributed by atoms with Gasteiger partial charge in [-0.05, 0) is 18.8 Å². The summed E-state index contributed by atoms with van der Waals surface area (Å²) in [6, 6.07) is 1.53. The first-order valence-electron chi connectivity index (χ1n) is 7.15. The standard InChI is InChI=1S/C14H21N3O3/c1-10-4-2-3-5-11(10)15-12(18)6-8-17-9-7-13(19)16-14(17)20/h7,9-11H,2-6,8H2,1H3,(H,15,18)(H,16,19,20). The Morgan fingerprint density at radius 2 is 2.15 bits per heavy atom. The van der Waals surface area contributed by atoms with Crippen LogP contribution in [0, 0.1) is 5.92 Å². The van der Waals surface area contributed by atoms with Crippen molar-refractivity contribution in [3.63, 3.8) is 0 Å². The second-order valence-electron chi connectivity index (χ2n) is 5.49. The summed E-state index contributed by atoms with van der Waals surface area (Å²) < 4.78 is 1.34. The maximum absolute atomic E-state index is 11.9. The predicted molar refractivity (Wildman–Crippen MR) is 75.5 cm³/mol. The van der Waals surface area contributed by atoms with Crippen molar-refractivity contribution in [3.05, 3.63) is 33.1 Å². The molecule has 1 fully saturated rings. The highest BCUT2D eigenvalue weighted by Crippen LogP contribution is 2.23. The highest BCUT2D eigenvalue weighted by atomic mass is 16.2. The normalized spacial score (nSPS) is 22.4. The zero-order valence-electron chi connectivity index (χ0n) is 11.7. The van der Waals surface area contributed by atoms with Crippen molar-refractivity contribution in [2.75, 3.05) is 0 Å². The van der Waals surface area contributed by atoms with Gasteiger partial charge in [0.05, 0.1) is 0 Å². The molecule has 1 amide bonds. The molecule has 1 aliphatic carbocycles. The molecule has 1 aromatic rings. The van der Waals surface area contributed by atoms with E-state index in [1.165, 1.54) is 23.3 Å². The third-order valence-corrected chi connectivity index (χ3v) is 3.93. The number of H-pyrrole nitrogens is 1. The number of aromatic amines is 1. The van der Waals surface area contributed by atoms with Gasteiger partial charge in [-0.3, -0.25) is 14.6 Å². The lowest BCUT2D eigenvalue weighted by atomic mass is 9.86. The van der Waals surface area contributed by atoms with E-state index in [9.17, 15) is 14.4 Å². The van der Waals surface area contributed by atoms with Crippen LogP contribution >= 0.6 is 0 Å². The summed E-state index contributed by atoms with van der Waals surface area (Å²) in [7, 11) is 0. The van der Waals surface area contributed by atoms with E-state index in [-0.39, 0.29) is 24.9 Å². The van der Waals surface area contributed by atoms with Gasteiger partial charge in [0.2, 0.25) is 5.91 Å². The molecule has 0 aliphatic heterocycles. The highest BCUT2D eigenvalue weighted by molar-refractivity contribution is 5.76. The van der Waals surface area contributed by atoms with Crippen LogP contribution in [-0.4, -0.2) is 21.5 Å². The van der Waals surface area contributed by atoms with E-state index in [4.69, 9.17) is 0 Å². The zero-order valence-corrected chi connectivity index (χ0v) is 11.7. The summed E-state index contributed by atoms with van der Waals surface area (Å²) in [6.07, 6.45) is 6.25. The lowest BCUT2D eigenvalue weighted by Gasteiger charge is -2.29. The summed E-state index contributed by atoms with van der Waals surface area (Å²) in [6.45, 7) is 2.44. The van der Waals surface area contributed by atoms with E-state index in [0.717, 1.165) is 19.3 Å². The first-order valence-corrected chi connectivity index (χ1v) is 7.15. The lowest BCUT2D eigenvalue weighted by molar-refractivity contribution is -0.122. The van der Waals surface area contributed by atoms with Gasteiger partial charge < -0.3 is 9.88 Å². The van der Waals surface area contributed by atoms with Crippen molar-refractivity contribution < 1.29 is 4.79 Å². The number of nitrogens with one attached hydrogen (secondary N) is 2. The monoisotopic (exact) mass is 279 g/mol. The molecule has 6 nitrogen and oxygen atoms in total. The molecule has 20 heavy (non-hydrogen) atoms. The van der Waals surface area contributed by atoms with Crippen LogP contribution in [0.3, 0.4) is 0 Å². The van der Waals surface area contributed by atoms with Crippen molar-refractivity contribution in [2.45, 2.75) is 51.6 Å². The molecule has 110 valence electrons. The van der Waals surface area contributed by atoms with E-state index in [1.807, 2.05) is 0 Å². The van der Waals surface area contributed by atoms with Gasteiger partial charge in [0, 0.05) is 31.3 Å². The smallest absolute Gasteiger partial charge is 0.328 e. The molecule has 0 spiro atoms. The van der Waals surface area contributed by atoms with Crippen LogP contribution in [0.5, 0.6) is 0 Å². The van der Waals surface area contributed by atoms with Gasteiger partial charge in [-0.15, -0.1) is 0 Å². The van der Waals surface area contributed by atoms with Crippen molar-refractivity contribution in [3.8, 4) is 0 Å². The highest BCUT2D eigenvalue weighted by Gasteiger charge is 2.22. The minimum atomic E-state index is -0.476. The van der Waals surface area contributed by atoms with Crippen LogP contribution in [0.15, 0.2) is 21.9 Å². The average molecular weight is 279 g/mol. The second-order valence-corrected chi connectivity index (χ2v) is 5.49. The van der Waals surface area contributed by atoms with Gasteiger partial charge in [-0.25, -0.2) is 4.79 Å². The molecule has 0 radical (unpaired) electrons. The van der Waals surface area contributed by atoms with Crippen molar-refractivity contribution >= 4 is 5.91 Å². The quantitative estimate of drug-likeness (QED) is 0.847. The Morgan fingerprint density at radius 1 is 1.40 bits per heavy atom. The number of aryl methyl sites for hydroxylation is 1. The maximum atomic E-state index is 11.9. The topological polar surface area (TPSA) is 84.0 Å². The summed E-state index contributed by atoms with van der Waals surface area (Å²) in [4.78, 5) is 36.5. The van der Waals surface area contributed by atoms with Crippen molar-refractivity contribution in [1.29, 1.82) is 0 Å². The predicted octanol–water partition coefficient (Wildman–Crippen LogP) is 0.622. The molecule has 0 aromatic carbocycles. The lowest BCUT2D eigenvalue weighted by Crippen LogP contribution is -2.41. The summed E-state index contributed by atoms with van der Waals surface area (Å²) in [5, 5.41) is 3.04. The number of rotatable bonds is 4. The van der Waals surface area contributed by atoms with E-state index in [2.05, 4.69) is 17.2 Å². The molecule has 0 saturated heterocycles. The van der Waals surface area contributed by atoms with Gasteiger partial charge in [0.25, 0.3) is 5.56 Å². The summed E-state index contributed by atoms with van der Waals surface area (Å²) >= 11 is 0. The molecule has 2 atom stereocenters. The van der Waals surface area contributed by atoms with Crippen molar-refractivity contribution in [1.82, 2.24) is 14.9 Å². The van der Waals surface area contributed by atoms with E-state index in [0.29, 0.717) is 5.92 Å². The van der Waals surface area contributed by atoms with Crippen LogP contribution in [0.25, 0.3) is 0 Å². The largest absolute Gasteiger partial charge is 0.353 e. The molecule has 1 aromatic heterocycles. The molecule has 2 rings (SSSR count). The van der Waals surface area contributed by atoms with Crippen LogP contribution in [-0.2, 0) is 11.3 Å². The number of amides is 1. The number of carbonyl (C=O) groups is 1. The van der Waals surface area contributed by atoms with Gasteiger partial charge in [-0.2, -0.15) is 0 Å². The minimum absolute atomic E-state index is 0.0400. The second kappa shape index (κ2) is 6.54. The number of aromatic nitrogens is 2. The van der Waals surface area contributed by atoms with Gasteiger partial charge in [0.1, 0.15) is 0 Å². The number of nitrogens with zero attached hydrogens (tertiary/aromatic N) is 1. The third kappa shape index (κ3) is 3.82. The van der Waals surface area contributed by atoms with E-state index in [1.54, 1.807) is 0 Å². The van der Waals surface area contributed by atoms with Gasteiger partial charge >= 0.3 is 5.69 Å². The van der Waals surface area contributed by atoms with Crippen LogP contribution in [0.2, 0.25) is 0 Å². The molecule has 1 heterocycles. The van der Waals surface area contributed by atoms with Crippen LogP contribution in [0.4, 0.5) is 0 Å².